The average Bonchev–Trinajstić information content (AvgIpc) is 1.00. The molecule has 0 nitrogen and oxygen atoms in total. The first kappa shape index (κ1) is 28.9. The van der Waals surface area contributed by atoms with Crippen molar-refractivity contribution in [2.75, 3.05) is 0 Å². The van der Waals surface area contributed by atoms with Gasteiger partial charge < -0.3 is 14.9 Å². The largest absolute Gasteiger partial charge is 1.00 e. The van der Waals surface area contributed by atoms with Gasteiger partial charge in [0.1, 0.15) is 0 Å². The number of halogens is 1. The molecule has 0 aliphatic rings. The maximum Gasteiger partial charge on any atom is 1.00 e. The van der Waals surface area contributed by atoms with Gasteiger partial charge >= 0.3 is 52.0 Å². The Morgan fingerprint density at radius 2 is 1.00 bits per heavy atom. The molecule has 5 heavy (non-hydrogen) atoms. The van der Waals surface area contributed by atoms with Crippen LogP contribution in [-0.4, -0.2) is 0 Å². The summed E-state index contributed by atoms with van der Waals surface area (Å²) in [6.45, 7) is 0. The molecule has 0 N–H and O–H groups in total. The Bertz CT molecular complexity index is 9.61. The normalized spacial score (nSPS) is 1.40. The van der Waals surface area contributed by atoms with E-state index in [9.17, 15) is 0 Å². The summed E-state index contributed by atoms with van der Waals surface area (Å²) in [6.07, 6.45) is 0. The summed E-state index contributed by atoms with van der Waals surface area (Å²) in [5.74, 6) is 0. The van der Waals surface area contributed by atoms with Gasteiger partial charge in [-0.25, -0.2) is 0 Å². The topological polar surface area (TPSA) is 0 Å². The van der Waals surface area contributed by atoms with E-state index in [4.69, 9.17) is 0 Å². The standard InChI is InChI=1S/2CH3.Cu.HI.Li/h2*1H3;;1H;/q2*-1;+2;;+1/p-1. The molecule has 0 aromatic carbocycles. The molecule has 0 fully saturated rings. The van der Waals surface area contributed by atoms with Crippen molar-refractivity contribution in [1.29, 1.82) is 0 Å². The Balaban J connectivity index is -0.00000000167. The minimum atomic E-state index is 0. The molecule has 0 saturated heterocycles. The van der Waals surface area contributed by atoms with E-state index in [1.807, 2.05) is 0 Å². The van der Waals surface area contributed by atoms with Gasteiger partial charge in [0, 0.05) is 0 Å². The molecule has 0 aromatic rings. The fraction of sp³-hybridized carbons (Fsp3) is 0. The van der Waals surface area contributed by atoms with Crippen LogP contribution in [0.25, 0.3) is 0 Å². The van der Waals surface area contributed by atoms with Gasteiger partial charge in [0.05, 0.1) is 0 Å². The number of rotatable bonds is 0. The average molecular weight is 227 g/mol. The molecule has 0 amide bonds. The molecule has 0 spiro atoms. The van der Waals surface area contributed by atoms with Crippen molar-refractivity contribution in [2.24, 2.45) is 0 Å². The summed E-state index contributed by atoms with van der Waals surface area (Å²) in [6, 6.07) is 0. The monoisotopic (exact) mass is 227 g/mol. The Morgan fingerprint density at radius 1 is 1.00 bits per heavy atom. The van der Waals surface area contributed by atoms with Crippen LogP contribution < -0.4 is 18.9 Å². The van der Waals surface area contributed by atoms with Crippen molar-refractivity contribution in [2.45, 2.75) is 0 Å². The maximum absolute atomic E-state index is 4.16. The van der Waals surface area contributed by atoms with E-state index in [1.165, 1.54) is 0 Å². The second-order valence-electron chi connectivity index (χ2n) is 0. The predicted molar refractivity (Wildman–Crippen MR) is 26.8 cm³/mol. The van der Waals surface area contributed by atoms with Gasteiger partial charge in [-0.2, -0.15) is 0 Å². The van der Waals surface area contributed by atoms with Crippen LogP contribution in [0.1, 0.15) is 0 Å². The van der Waals surface area contributed by atoms with Gasteiger partial charge in [-0.1, -0.05) is 0 Å². The summed E-state index contributed by atoms with van der Waals surface area (Å²) in [5, 5.41) is 0. The molecule has 0 radical (unpaired) electrons. The van der Waals surface area contributed by atoms with Crippen molar-refractivity contribution in [1.82, 2.24) is 0 Å². The second kappa shape index (κ2) is 40.3. The number of hydrogen-bond donors (Lipinski definition) is 0. The molecular formula is C2H6CuILi. The van der Waals surface area contributed by atoms with Crippen LogP contribution in [-0.2, 0) is 12.8 Å². The van der Waals surface area contributed by atoms with Crippen LogP contribution in [0.3, 0.4) is 0 Å². The zero-order valence-electron chi connectivity index (χ0n) is 3.68. The molecule has 0 unspecified atom stereocenters. The van der Waals surface area contributed by atoms with Gasteiger partial charge in [0.25, 0.3) is 0 Å². The van der Waals surface area contributed by atoms with Gasteiger partial charge in [-0.3, -0.25) is 0 Å². The quantitative estimate of drug-likeness (QED) is 0.277. The minimum Gasteiger partial charge on any atom is 1.00 e. The van der Waals surface area contributed by atoms with Crippen LogP contribution in [0.15, 0.2) is 0 Å². The van der Waals surface area contributed by atoms with Crippen LogP contribution in [0.4, 0.5) is 0 Å². The van der Waals surface area contributed by atoms with Crippen molar-refractivity contribution in [3.05, 3.63) is 14.9 Å². The Kier molecular flexibility index (Phi) is 233. The molecule has 0 aromatic heterocycles. The summed E-state index contributed by atoms with van der Waals surface area (Å²) in [7, 11) is 0. The third kappa shape index (κ3) is 25.4. The van der Waals surface area contributed by atoms with E-state index < -0.39 is 0 Å². The molecule has 0 rings (SSSR count). The zero-order valence-corrected chi connectivity index (χ0v) is 6.78. The summed E-state index contributed by atoms with van der Waals surface area (Å²) in [5.41, 5.74) is 0. The zero-order chi connectivity index (χ0) is 2.00. The van der Waals surface area contributed by atoms with Gasteiger partial charge in [0.15, 0.2) is 0 Å². The van der Waals surface area contributed by atoms with Crippen LogP contribution >= 0.6 is 20.3 Å². The first-order valence-corrected chi connectivity index (χ1v) is 3.15. The van der Waals surface area contributed by atoms with Crippen molar-refractivity contribution in [3.8, 4) is 0 Å². The molecule has 0 bridgehead atoms. The molecular weight excluding hydrogens is 221 g/mol. The van der Waals surface area contributed by atoms with Crippen LogP contribution in [0.2, 0.25) is 0 Å². The van der Waals surface area contributed by atoms with Gasteiger partial charge in [0.2, 0.25) is 0 Å². The minimum absolute atomic E-state index is 0. The Morgan fingerprint density at radius 3 is 1.00 bits per heavy atom. The maximum atomic E-state index is 4.16. The third-order valence-corrected chi connectivity index (χ3v) is 0. The molecule has 0 heterocycles. The van der Waals surface area contributed by atoms with E-state index in [1.54, 1.807) is 20.3 Å². The van der Waals surface area contributed by atoms with Gasteiger partial charge in [-0.15, -0.1) is 0 Å². The molecule has 3 heteroatoms. The van der Waals surface area contributed by atoms with E-state index in [0.29, 0.717) is 0 Å². The second-order valence-corrected chi connectivity index (χ2v) is 0. The fourth-order valence-electron chi connectivity index (χ4n) is 0. The smallest absolute Gasteiger partial charge is 1.00 e. The fourth-order valence-corrected chi connectivity index (χ4v) is 0. The molecule has 0 aliphatic heterocycles. The SMILES string of the molecule is [CH3-].[CH3-].[Cu+][I].[Li+]. The summed E-state index contributed by atoms with van der Waals surface area (Å²) >= 11 is 5.87. The molecule has 0 atom stereocenters. The number of hydrogen-bond acceptors (Lipinski definition) is 0. The first-order chi connectivity index (χ1) is 1.00. The van der Waals surface area contributed by atoms with Crippen molar-refractivity contribution in [3.63, 3.8) is 0 Å². The van der Waals surface area contributed by atoms with Crippen molar-refractivity contribution >= 4 is 20.3 Å². The third-order valence-electron chi connectivity index (χ3n) is 0. The Hall–Kier alpha value is 1.85. The van der Waals surface area contributed by atoms with Crippen molar-refractivity contribution < 1.29 is 31.6 Å². The molecule has 0 saturated carbocycles. The summed E-state index contributed by atoms with van der Waals surface area (Å²) < 4.78 is 0. The molecule has 0 aliphatic carbocycles. The Labute approximate surface area is 66.2 Å². The molecule has 33 valence electrons. The van der Waals surface area contributed by atoms with E-state index in [2.05, 4.69) is 12.8 Å². The van der Waals surface area contributed by atoms with Gasteiger partial charge in [-0.05, 0) is 0 Å². The summed E-state index contributed by atoms with van der Waals surface area (Å²) in [4.78, 5) is 0. The van der Waals surface area contributed by atoms with E-state index in [-0.39, 0.29) is 33.7 Å². The van der Waals surface area contributed by atoms with Crippen LogP contribution in [0, 0.1) is 14.9 Å². The van der Waals surface area contributed by atoms with Crippen LogP contribution in [0.5, 0.6) is 0 Å². The first-order valence-electron chi connectivity index (χ1n) is 0.114. The predicted octanol–water partition coefficient (Wildman–Crippen LogP) is -1.21. The van der Waals surface area contributed by atoms with E-state index >= 15 is 0 Å². The van der Waals surface area contributed by atoms with E-state index in [0.717, 1.165) is 0 Å².